The van der Waals surface area contributed by atoms with E-state index in [9.17, 15) is 0 Å². The summed E-state index contributed by atoms with van der Waals surface area (Å²) in [4.78, 5) is 4.57. The predicted molar refractivity (Wildman–Crippen MR) is 114 cm³/mol. The second-order valence-electron chi connectivity index (χ2n) is 5.71. The number of thiazole rings is 1. The van der Waals surface area contributed by atoms with E-state index in [1.807, 2.05) is 61.7 Å². The van der Waals surface area contributed by atoms with Gasteiger partial charge in [-0.15, -0.1) is 11.3 Å². The standard InChI is InChI=1S/C21H23N3O3S/c1-4-26-18-10-9-16(20(12-18)27-5-2)13-22-24-21-23-19(14-28-21)15-7-6-8-17(11-15)25-3/h6-14H,4-5H2,1-3H3,(H,23,24)/b22-13-. The molecule has 2 aromatic carbocycles. The maximum atomic E-state index is 5.69. The fraction of sp³-hybridized carbons (Fsp3) is 0.238. The van der Waals surface area contributed by atoms with Crippen LogP contribution >= 0.6 is 11.3 Å². The van der Waals surface area contributed by atoms with Crippen LogP contribution in [0.25, 0.3) is 11.3 Å². The molecule has 0 saturated carbocycles. The van der Waals surface area contributed by atoms with Gasteiger partial charge < -0.3 is 14.2 Å². The second kappa shape index (κ2) is 9.75. The van der Waals surface area contributed by atoms with Gasteiger partial charge in [-0.25, -0.2) is 4.98 Å². The maximum Gasteiger partial charge on any atom is 0.203 e. The van der Waals surface area contributed by atoms with Crippen molar-refractivity contribution >= 4 is 22.7 Å². The van der Waals surface area contributed by atoms with Crippen LogP contribution < -0.4 is 19.6 Å². The van der Waals surface area contributed by atoms with Crippen LogP contribution in [0.2, 0.25) is 0 Å². The third-order valence-electron chi connectivity index (χ3n) is 3.83. The van der Waals surface area contributed by atoms with Crippen molar-refractivity contribution < 1.29 is 14.2 Å². The van der Waals surface area contributed by atoms with E-state index in [-0.39, 0.29) is 0 Å². The second-order valence-corrected chi connectivity index (χ2v) is 6.56. The maximum absolute atomic E-state index is 5.69. The largest absolute Gasteiger partial charge is 0.497 e. The van der Waals surface area contributed by atoms with Gasteiger partial charge >= 0.3 is 0 Å². The lowest BCUT2D eigenvalue weighted by Crippen LogP contribution is -1.99. The summed E-state index contributed by atoms with van der Waals surface area (Å²) in [7, 11) is 1.65. The molecule has 146 valence electrons. The molecular weight excluding hydrogens is 374 g/mol. The summed E-state index contributed by atoms with van der Waals surface area (Å²) in [6.07, 6.45) is 1.72. The number of hydrogen-bond donors (Lipinski definition) is 1. The molecular formula is C21H23N3O3S. The van der Waals surface area contributed by atoms with E-state index in [0.29, 0.717) is 18.3 Å². The minimum Gasteiger partial charge on any atom is -0.497 e. The Morgan fingerprint density at radius 1 is 1.07 bits per heavy atom. The zero-order chi connectivity index (χ0) is 19.8. The van der Waals surface area contributed by atoms with E-state index < -0.39 is 0 Å². The molecule has 0 aliphatic carbocycles. The number of rotatable bonds is 9. The van der Waals surface area contributed by atoms with Gasteiger partial charge in [-0.3, -0.25) is 5.43 Å². The fourth-order valence-corrected chi connectivity index (χ4v) is 3.22. The molecule has 0 saturated heterocycles. The van der Waals surface area contributed by atoms with Gasteiger partial charge in [-0.05, 0) is 38.1 Å². The molecule has 0 amide bonds. The third-order valence-corrected chi connectivity index (χ3v) is 4.58. The van der Waals surface area contributed by atoms with E-state index in [0.717, 1.165) is 34.1 Å². The van der Waals surface area contributed by atoms with Crippen molar-refractivity contribution in [2.45, 2.75) is 13.8 Å². The highest BCUT2D eigenvalue weighted by atomic mass is 32.1. The summed E-state index contributed by atoms with van der Waals surface area (Å²) in [5, 5.41) is 6.99. The van der Waals surface area contributed by atoms with Gasteiger partial charge in [0.2, 0.25) is 5.13 Å². The first kappa shape index (κ1) is 19.7. The van der Waals surface area contributed by atoms with Gasteiger partial charge in [0.05, 0.1) is 32.2 Å². The minimum atomic E-state index is 0.570. The molecule has 0 atom stereocenters. The number of benzene rings is 2. The quantitative estimate of drug-likeness (QED) is 0.404. The van der Waals surface area contributed by atoms with Crippen molar-refractivity contribution in [3.63, 3.8) is 0 Å². The van der Waals surface area contributed by atoms with Crippen molar-refractivity contribution in [3.05, 3.63) is 53.4 Å². The normalized spacial score (nSPS) is 10.8. The van der Waals surface area contributed by atoms with Gasteiger partial charge in [0.1, 0.15) is 17.2 Å². The number of ether oxygens (including phenoxy) is 3. The average molecular weight is 398 g/mol. The molecule has 7 heteroatoms. The molecule has 3 rings (SSSR count). The van der Waals surface area contributed by atoms with Crippen LogP contribution in [0.4, 0.5) is 5.13 Å². The lowest BCUT2D eigenvalue weighted by molar-refractivity contribution is 0.323. The molecule has 0 aliphatic rings. The molecule has 0 spiro atoms. The first-order chi connectivity index (χ1) is 13.7. The molecule has 0 aliphatic heterocycles. The molecule has 0 unspecified atom stereocenters. The molecule has 3 aromatic rings. The number of methoxy groups -OCH3 is 1. The SMILES string of the molecule is CCOc1ccc(/C=N\Nc2nc(-c3cccc(OC)c3)cs2)c(OCC)c1. The molecule has 0 radical (unpaired) electrons. The predicted octanol–water partition coefficient (Wildman–Crippen LogP) is 5.06. The number of nitrogens with one attached hydrogen (secondary N) is 1. The number of nitrogens with zero attached hydrogens (tertiary/aromatic N) is 2. The zero-order valence-electron chi connectivity index (χ0n) is 16.1. The highest BCUT2D eigenvalue weighted by Gasteiger charge is 2.06. The van der Waals surface area contributed by atoms with Gasteiger partial charge in [0, 0.05) is 22.6 Å². The summed E-state index contributed by atoms with van der Waals surface area (Å²) < 4.78 is 16.5. The average Bonchev–Trinajstić information content (AvgIpc) is 3.19. The summed E-state index contributed by atoms with van der Waals surface area (Å²) in [6, 6.07) is 13.5. The Morgan fingerprint density at radius 3 is 2.71 bits per heavy atom. The minimum absolute atomic E-state index is 0.570. The van der Waals surface area contributed by atoms with Crippen molar-refractivity contribution in [3.8, 4) is 28.5 Å². The van der Waals surface area contributed by atoms with Crippen LogP contribution in [-0.2, 0) is 0 Å². The molecule has 1 heterocycles. The highest BCUT2D eigenvalue weighted by molar-refractivity contribution is 7.14. The van der Waals surface area contributed by atoms with Crippen LogP contribution in [0.15, 0.2) is 52.9 Å². The fourth-order valence-electron chi connectivity index (χ4n) is 2.56. The van der Waals surface area contributed by atoms with Gasteiger partial charge in [-0.2, -0.15) is 5.10 Å². The van der Waals surface area contributed by atoms with Gasteiger partial charge in [0.25, 0.3) is 0 Å². The van der Waals surface area contributed by atoms with E-state index in [2.05, 4.69) is 15.5 Å². The lowest BCUT2D eigenvalue weighted by Gasteiger charge is -2.09. The Hall–Kier alpha value is -3.06. The Bertz CT molecular complexity index is 940. The molecule has 28 heavy (non-hydrogen) atoms. The monoisotopic (exact) mass is 397 g/mol. The number of hydrazone groups is 1. The Kier molecular flexibility index (Phi) is 6.86. The molecule has 1 N–H and O–H groups in total. The number of anilines is 1. The van der Waals surface area contributed by atoms with Crippen molar-refractivity contribution in [2.75, 3.05) is 25.7 Å². The highest BCUT2D eigenvalue weighted by Crippen LogP contribution is 2.28. The van der Waals surface area contributed by atoms with Gasteiger partial charge in [-0.1, -0.05) is 12.1 Å². The first-order valence-corrected chi connectivity index (χ1v) is 9.90. The van der Waals surface area contributed by atoms with Crippen LogP contribution in [0.5, 0.6) is 17.2 Å². The van der Waals surface area contributed by atoms with Crippen molar-refractivity contribution in [1.29, 1.82) is 0 Å². The van der Waals surface area contributed by atoms with E-state index in [1.165, 1.54) is 11.3 Å². The van der Waals surface area contributed by atoms with Crippen molar-refractivity contribution in [2.24, 2.45) is 5.10 Å². The lowest BCUT2D eigenvalue weighted by atomic mass is 10.2. The summed E-state index contributed by atoms with van der Waals surface area (Å²) in [5.41, 5.74) is 5.71. The molecule has 0 fully saturated rings. The topological polar surface area (TPSA) is 65.0 Å². The first-order valence-electron chi connectivity index (χ1n) is 9.02. The number of aromatic nitrogens is 1. The Morgan fingerprint density at radius 2 is 1.93 bits per heavy atom. The zero-order valence-corrected chi connectivity index (χ0v) is 17.0. The van der Waals surface area contributed by atoms with E-state index in [1.54, 1.807) is 13.3 Å². The molecule has 0 bridgehead atoms. The van der Waals surface area contributed by atoms with E-state index >= 15 is 0 Å². The Balaban J connectivity index is 1.70. The summed E-state index contributed by atoms with van der Waals surface area (Å²) >= 11 is 1.49. The van der Waals surface area contributed by atoms with Crippen LogP contribution in [0.1, 0.15) is 19.4 Å². The summed E-state index contributed by atoms with van der Waals surface area (Å²) in [5.74, 6) is 2.31. The summed E-state index contributed by atoms with van der Waals surface area (Å²) in [6.45, 7) is 5.08. The molecule has 6 nitrogen and oxygen atoms in total. The Labute approximate surface area is 168 Å². The van der Waals surface area contributed by atoms with Crippen LogP contribution in [0.3, 0.4) is 0 Å². The third kappa shape index (κ3) is 5.01. The van der Waals surface area contributed by atoms with Crippen LogP contribution in [-0.4, -0.2) is 31.5 Å². The smallest absolute Gasteiger partial charge is 0.203 e. The van der Waals surface area contributed by atoms with E-state index in [4.69, 9.17) is 14.2 Å². The molecule has 1 aromatic heterocycles. The van der Waals surface area contributed by atoms with Crippen LogP contribution in [0, 0.1) is 0 Å². The van der Waals surface area contributed by atoms with Crippen molar-refractivity contribution in [1.82, 2.24) is 4.98 Å². The number of hydrogen-bond acceptors (Lipinski definition) is 7. The van der Waals surface area contributed by atoms with Gasteiger partial charge in [0.15, 0.2) is 0 Å².